The Morgan fingerprint density at radius 1 is 1.33 bits per heavy atom. The van der Waals surface area contributed by atoms with Crippen molar-refractivity contribution in [1.29, 1.82) is 0 Å². The molecule has 1 fully saturated rings. The molecule has 118 valence electrons. The molecule has 6 nitrogen and oxygen atoms in total. The van der Waals surface area contributed by atoms with E-state index in [-0.39, 0.29) is 12.4 Å². The van der Waals surface area contributed by atoms with Gasteiger partial charge < -0.3 is 25.3 Å². The second-order valence-corrected chi connectivity index (χ2v) is 4.85. The summed E-state index contributed by atoms with van der Waals surface area (Å²) < 4.78 is 15.1. The first kappa shape index (κ1) is 17.4. The highest BCUT2D eigenvalue weighted by Crippen LogP contribution is 2.25. The fourth-order valence-electron chi connectivity index (χ4n) is 2.15. The zero-order valence-corrected chi connectivity index (χ0v) is 12.8. The molecule has 1 amide bonds. The van der Waals surface area contributed by atoms with Crippen LogP contribution in [0, 0.1) is 5.92 Å². The Morgan fingerprint density at radius 3 is 2.33 bits per heavy atom. The predicted molar refractivity (Wildman–Crippen MR) is 79.6 cm³/mol. The molecule has 1 aliphatic heterocycles. The van der Waals surface area contributed by atoms with E-state index in [1.165, 1.54) is 0 Å². The van der Waals surface area contributed by atoms with Crippen molar-refractivity contribution in [3.05, 3.63) is 35.9 Å². The Hall–Kier alpha value is -1.63. The first-order valence-electron chi connectivity index (χ1n) is 6.81. The zero-order valence-electron chi connectivity index (χ0n) is 12.8. The van der Waals surface area contributed by atoms with Crippen molar-refractivity contribution in [2.24, 2.45) is 11.7 Å². The smallest absolute Gasteiger partial charge is 0.404 e. The van der Waals surface area contributed by atoms with Gasteiger partial charge in [0.2, 0.25) is 0 Å². The molecule has 0 spiro atoms. The van der Waals surface area contributed by atoms with Gasteiger partial charge >= 0.3 is 6.09 Å². The van der Waals surface area contributed by atoms with Gasteiger partial charge in [-0.1, -0.05) is 37.3 Å². The Labute approximate surface area is 125 Å². The fraction of sp³-hybridized carbons (Fsp3) is 0.533. The van der Waals surface area contributed by atoms with Crippen LogP contribution in [-0.4, -0.2) is 39.2 Å². The van der Waals surface area contributed by atoms with Crippen LogP contribution in [0.3, 0.4) is 0 Å². The number of nitrogens with two attached hydrogens (primary N) is 1. The summed E-state index contributed by atoms with van der Waals surface area (Å²) in [6.07, 6.45) is -0.742. The van der Waals surface area contributed by atoms with Gasteiger partial charge in [-0.25, -0.2) is 4.79 Å². The molecule has 6 heteroatoms. The zero-order chi connectivity index (χ0) is 15.7. The lowest BCUT2D eigenvalue weighted by molar-refractivity contribution is -0.213. The van der Waals surface area contributed by atoms with E-state index < -0.39 is 6.09 Å². The summed E-state index contributed by atoms with van der Waals surface area (Å²) in [6.45, 7) is 4.13. The van der Waals surface area contributed by atoms with E-state index in [4.69, 9.17) is 15.2 Å². The van der Waals surface area contributed by atoms with Gasteiger partial charge in [0.15, 0.2) is 5.79 Å². The van der Waals surface area contributed by atoms with Crippen molar-refractivity contribution in [3.8, 4) is 0 Å². The molecule has 0 bridgehead atoms. The number of hydrogen-bond donors (Lipinski definition) is 2. The lowest BCUT2D eigenvalue weighted by atomic mass is 10.1. The minimum Gasteiger partial charge on any atom is -0.445 e. The molecule has 0 aliphatic carbocycles. The molecule has 0 radical (unpaired) electrons. The maximum absolute atomic E-state index is 10.2. The molecule has 1 aromatic carbocycles. The SMILES string of the molecule is COC1(OC)CNCC1C.NC(=O)OCc1ccccc1. The third-order valence-electron chi connectivity index (χ3n) is 3.49. The van der Waals surface area contributed by atoms with Crippen LogP contribution in [-0.2, 0) is 20.8 Å². The summed E-state index contributed by atoms with van der Waals surface area (Å²) in [5.74, 6) is 0.0579. The number of ether oxygens (including phenoxy) is 3. The summed E-state index contributed by atoms with van der Waals surface area (Å²) in [6, 6.07) is 9.37. The van der Waals surface area contributed by atoms with Crippen LogP contribution >= 0.6 is 0 Å². The minimum atomic E-state index is -0.742. The standard InChI is InChI=1S/C8H9NO2.C7H15NO2/c9-8(10)11-6-7-4-2-1-3-5-7;1-6-4-8-5-7(6,9-2)10-3/h1-5H,6H2,(H2,9,10);6,8H,4-5H2,1-3H3. The van der Waals surface area contributed by atoms with Crippen molar-refractivity contribution in [2.45, 2.75) is 19.3 Å². The highest BCUT2D eigenvalue weighted by Gasteiger charge is 2.40. The molecule has 2 rings (SSSR count). The molecule has 1 saturated heterocycles. The van der Waals surface area contributed by atoms with Crippen molar-refractivity contribution in [2.75, 3.05) is 27.3 Å². The number of rotatable bonds is 4. The van der Waals surface area contributed by atoms with E-state index in [0.29, 0.717) is 5.92 Å². The van der Waals surface area contributed by atoms with Gasteiger partial charge in [-0.15, -0.1) is 0 Å². The lowest BCUT2D eigenvalue weighted by Crippen LogP contribution is -2.40. The third kappa shape index (κ3) is 5.34. The van der Waals surface area contributed by atoms with Gasteiger partial charge in [0, 0.05) is 26.7 Å². The molecule has 1 unspecified atom stereocenters. The average Bonchev–Trinajstić information content (AvgIpc) is 2.88. The van der Waals surface area contributed by atoms with Gasteiger partial charge in [-0.05, 0) is 5.56 Å². The summed E-state index contributed by atoms with van der Waals surface area (Å²) in [4.78, 5) is 10.2. The fourth-order valence-corrected chi connectivity index (χ4v) is 2.15. The number of benzene rings is 1. The Kier molecular flexibility index (Phi) is 7.14. The Morgan fingerprint density at radius 2 is 1.95 bits per heavy atom. The van der Waals surface area contributed by atoms with E-state index in [2.05, 4.69) is 17.0 Å². The molecule has 1 aliphatic rings. The maximum atomic E-state index is 10.2. The van der Waals surface area contributed by atoms with Gasteiger partial charge in [-0.3, -0.25) is 0 Å². The van der Waals surface area contributed by atoms with Crippen LogP contribution in [0.2, 0.25) is 0 Å². The summed E-state index contributed by atoms with van der Waals surface area (Å²) in [7, 11) is 3.38. The highest BCUT2D eigenvalue weighted by molar-refractivity contribution is 5.64. The molecule has 1 atom stereocenters. The maximum Gasteiger partial charge on any atom is 0.404 e. The molecule has 0 aromatic heterocycles. The number of amides is 1. The molecule has 3 N–H and O–H groups in total. The number of carbonyl (C=O) groups excluding carboxylic acids is 1. The number of methoxy groups -OCH3 is 2. The Balaban J connectivity index is 0.000000211. The van der Waals surface area contributed by atoms with Gasteiger partial charge in [-0.2, -0.15) is 0 Å². The second-order valence-electron chi connectivity index (χ2n) is 4.85. The van der Waals surface area contributed by atoms with Crippen LogP contribution in [0.15, 0.2) is 30.3 Å². The Bertz CT molecular complexity index is 421. The topological polar surface area (TPSA) is 82.8 Å². The molecular weight excluding hydrogens is 272 g/mol. The van der Waals surface area contributed by atoms with Crippen molar-refractivity contribution < 1.29 is 19.0 Å². The van der Waals surface area contributed by atoms with E-state index in [9.17, 15) is 4.79 Å². The van der Waals surface area contributed by atoms with E-state index in [1.54, 1.807) is 14.2 Å². The normalized spacial score (nSPS) is 19.5. The third-order valence-corrected chi connectivity index (χ3v) is 3.49. The van der Waals surface area contributed by atoms with Crippen LogP contribution in [0.5, 0.6) is 0 Å². The number of carbonyl (C=O) groups is 1. The molecule has 1 aromatic rings. The van der Waals surface area contributed by atoms with Gasteiger partial charge in [0.1, 0.15) is 6.61 Å². The molecule has 1 heterocycles. The molecular formula is C15H24N2O4. The van der Waals surface area contributed by atoms with E-state index >= 15 is 0 Å². The average molecular weight is 296 g/mol. The largest absolute Gasteiger partial charge is 0.445 e. The van der Waals surface area contributed by atoms with E-state index in [0.717, 1.165) is 18.7 Å². The second kappa shape index (κ2) is 8.61. The van der Waals surface area contributed by atoms with Crippen LogP contribution in [0.4, 0.5) is 4.79 Å². The quantitative estimate of drug-likeness (QED) is 0.823. The predicted octanol–water partition coefficient (Wildman–Crippen LogP) is 1.50. The highest BCUT2D eigenvalue weighted by atomic mass is 16.7. The minimum absolute atomic E-state index is 0.246. The van der Waals surface area contributed by atoms with Gasteiger partial charge in [0.25, 0.3) is 0 Å². The number of nitrogens with one attached hydrogen (secondary N) is 1. The van der Waals surface area contributed by atoms with Crippen molar-refractivity contribution in [1.82, 2.24) is 5.32 Å². The molecule has 0 saturated carbocycles. The van der Waals surface area contributed by atoms with Crippen LogP contribution in [0.25, 0.3) is 0 Å². The summed E-state index contributed by atoms with van der Waals surface area (Å²) >= 11 is 0. The van der Waals surface area contributed by atoms with Crippen molar-refractivity contribution in [3.63, 3.8) is 0 Å². The first-order chi connectivity index (χ1) is 10.0. The summed E-state index contributed by atoms with van der Waals surface area (Å²) in [5.41, 5.74) is 5.72. The number of primary amides is 1. The van der Waals surface area contributed by atoms with Gasteiger partial charge in [0.05, 0.1) is 6.54 Å². The summed E-state index contributed by atoms with van der Waals surface area (Å²) in [5, 5.41) is 3.21. The van der Waals surface area contributed by atoms with Crippen molar-refractivity contribution >= 4 is 6.09 Å². The molecule has 21 heavy (non-hydrogen) atoms. The number of hydrogen-bond acceptors (Lipinski definition) is 5. The monoisotopic (exact) mass is 296 g/mol. The van der Waals surface area contributed by atoms with Crippen LogP contribution in [0.1, 0.15) is 12.5 Å². The van der Waals surface area contributed by atoms with E-state index in [1.807, 2.05) is 30.3 Å². The lowest BCUT2D eigenvalue weighted by Gasteiger charge is -2.29. The van der Waals surface area contributed by atoms with Crippen LogP contribution < -0.4 is 11.1 Å². The first-order valence-corrected chi connectivity index (χ1v) is 6.81.